The molecular formula is C16H19N5O3. The van der Waals surface area contributed by atoms with Gasteiger partial charge in [-0.15, -0.1) is 10.2 Å². The first-order chi connectivity index (χ1) is 11.6. The molecule has 2 aromatic rings. The molecular weight excluding hydrogens is 310 g/mol. The molecule has 1 saturated heterocycles. The Balaban J connectivity index is 1.72. The summed E-state index contributed by atoms with van der Waals surface area (Å²) in [5.41, 5.74) is 0.826. The number of hydrogen-bond donors (Lipinski definition) is 1. The van der Waals surface area contributed by atoms with Gasteiger partial charge in [-0.3, -0.25) is 9.59 Å². The average Bonchev–Trinajstić information content (AvgIpc) is 3.11. The average molecular weight is 329 g/mol. The van der Waals surface area contributed by atoms with Crippen molar-refractivity contribution in [2.24, 2.45) is 5.92 Å². The van der Waals surface area contributed by atoms with E-state index in [1.54, 1.807) is 11.8 Å². The lowest BCUT2D eigenvalue weighted by Gasteiger charge is -2.32. The van der Waals surface area contributed by atoms with Crippen molar-refractivity contribution in [3.8, 4) is 11.4 Å². The minimum absolute atomic E-state index is 0.182. The summed E-state index contributed by atoms with van der Waals surface area (Å²) >= 11 is 0. The van der Waals surface area contributed by atoms with Gasteiger partial charge in [0.2, 0.25) is 11.7 Å². The number of benzene rings is 1. The van der Waals surface area contributed by atoms with E-state index >= 15 is 0 Å². The monoisotopic (exact) mass is 329 g/mol. The maximum absolute atomic E-state index is 12.6. The number of rotatable bonds is 4. The Kier molecular flexibility index (Phi) is 4.54. The minimum atomic E-state index is -0.856. The molecule has 2 heterocycles. The Hall–Kier alpha value is -2.77. The molecule has 0 radical (unpaired) electrons. The molecule has 24 heavy (non-hydrogen) atoms. The zero-order valence-electron chi connectivity index (χ0n) is 13.4. The number of tetrazole rings is 1. The second-order valence-corrected chi connectivity index (χ2v) is 5.94. The molecule has 126 valence electrons. The van der Waals surface area contributed by atoms with Gasteiger partial charge in [-0.1, -0.05) is 30.3 Å². The number of piperidine rings is 1. The van der Waals surface area contributed by atoms with Gasteiger partial charge in [-0.2, -0.15) is 4.80 Å². The first-order valence-electron chi connectivity index (χ1n) is 7.93. The summed E-state index contributed by atoms with van der Waals surface area (Å²) in [5, 5.41) is 21.4. The number of nitrogens with zero attached hydrogens (tertiary/aromatic N) is 5. The molecule has 0 bridgehead atoms. The SMILES string of the molecule is C[C@H](C(=O)N1CCC[C@@H](C(=O)O)C1)n1nnc(-c2ccccc2)n1. The standard InChI is InChI=1S/C16H19N5O3/c1-11(15(22)20-9-5-8-13(10-20)16(23)24)21-18-14(17-19-21)12-6-3-2-4-7-12/h2-4,6-7,11,13H,5,8-10H2,1H3,(H,23,24)/t11-,13-/m1/s1. The van der Waals surface area contributed by atoms with Crippen molar-refractivity contribution in [3.05, 3.63) is 30.3 Å². The maximum atomic E-state index is 12.6. The fraction of sp³-hybridized carbons (Fsp3) is 0.438. The minimum Gasteiger partial charge on any atom is -0.481 e. The van der Waals surface area contributed by atoms with E-state index in [-0.39, 0.29) is 12.5 Å². The third-order valence-electron chi connectivity index (χ3n) is 4.25. The molecule has 1 aromatic carbocycles. The van der Waals surface area contributed by atoms with Crippen LogP contribution >= 0.6 is 0 Å². The lowest BCUT2D eigenvalue weighted by molar-refractivity contribution is -0.146. The molecule has 1 amide bonds. The van der Waals surface area contributed by atoms with E-state index in [2.05, 4.69) is 15.4 Å². The predicted molar refractivity (Wildman–Crippen MR) is 84.9 cm³/mol. The Bertz CT molecular complexity index is 730. The molecule has 1 aliphatic heterocycles. The zero-order chi connectivity index (χ0) is 17.1. The first kappa shape index (κ1) is 16.1. The van der Waals surface area contributed by atoms with Gasteiger partial charge in [-0.25, -0.2) is 0 Å². The molecule has 2 atom stereocenters. The highest BCUT2D eigenvalue weighted by molar-refractivity contribution is 5.81. The van der Waals surface area contributed by atoms with E-state index < -0.39 is 17.9 Å². The van der Waals surface area contributed by atoms with E-state index in [1.807, 2.05) is 30.3 Å². The van der Waals surface area contributed by atoms with Crippen molar-refractivity contribution < 1.29 is 14.7 Å². The number of aliphatic carboxylic acids is 1. The molecule has 1 fully saturated rings. The highest BCUT2D eigenvalue weighted by Gasteiger charge is 2.31. The van der Waals surface area contributed by atoms with Crippen LogP contribution in [0.5, 0.6) is 0 Å². The molecule has 0 aliphatic carbocycles. The topological polar surface area (TPSA) is 101 Å². The summed E-state index contributed by atoms with van der Waals surface area (Å²) in [6, 6.07) is 8.78. The van der Waals surface area contributed by atoms with Gasteiger partial charge in [0.05, 0.1) is 5.92 Å². The largest absolute Gasteiger partial charge is 0.481 e. The van der Waals surface area contributed by atoms with Crippen LogP contribution in [0.2, 0.25) is 0 Å². The van der Waals surface area contributed by atoms with Gasteiger partial charge in [0, 0.05) is 18.7 Å². The Morgan fingerprint density at radius 1 is 1.29 bits per heavy atom. The van der Waals surface area contributed by atoms with Crippen molar-refractivity contribution in [2.75, 3.05) is 13.1 Å². The van der Waals surface area contributed by atoms with Crippen LogP contribution in [0.3, 0.4) is 0 Å². The van der Waals surface area contributed by atoms with E-state index in [4.69, 9.17) is 5.11 Å². The molecule has 0 unspecified atom stereocenters. The van der Waals surface area contributed by atoms with Gasteiger partial charge in [0.1, 0.15) is 6.04 Å². The fourth-order valence-corrected chi connectivity index (χ4v) is 2.83. The second-order valence-electron chi connectivity index (χ2n) is 5.94. The summed E-state index contributed by atoms with van der Waals surface area (Å²) in [6.45, 7) is 2.50. The van der Waals surface area contributed by atoms with Crippen LogP contribution in [0.25, 0.3) is 11.4 Å². The van der Waals surface area contributed by atoms with Gasteiger partial charge >= 0.3 is 5.97 Å². The molecule has 1 aromatic heterocycles. The third-order valence-corrected chi connectivity index (χ3v) is 4.25. The molecule has 1 aliphatic rings. The van der Waals surface area contributed by atoms with Crippen LogP contribution < -0.4 is 0 Å². The number of carboxylic acids is 1. The normalized spacial score (nSPS) is 19.0. The van der Waals surface area contributed by atoms with Crippen molar-refractivity contribution in [2.45, 2.75) is 25.8 Å². The lowest BCUT2D eigenvalue weighted by Crippen LogP contribution is -2.45. The van der Waals surface area contributed by atoms with Gasteiger partial charge in [0.15, 0.2) is 0 Å². The van der Waals surface area contributed by atoms with Crippen LogP contribution in [-0.4, -0.2) is 55.2 Å². The van der Waals surface area contributed by atoms with E-state index in [1.165, 1.54) is 4.80 Å². The lowest BCUT2D eigenvalue weighted by atomic mass is 9.98. The van der Waals surface area contributed by atoms with Crippen LogP contribution in [0.15, 0.2) is 30.3 Å². The molecule has 1 N–H and O–H groups in total. The van der Waals surface area contributed by atoms with E-state index in [9.17, 15) is 9.59 Å². The summed E-state index contributed by atoms with van der Waals surface area (Å²) < 4.78 is 0. The number of carboxylic acid groups (broad SMARTS) is 1. The number of hydrogen-bond acceptors (Lipinski definition) is 5. The number of carbonyl (C=O) groups is 2. The van der Waals surface area contributed by atoms with Gasteiger partial charge in [-0.05, 0) is 25.0 Å². The highest BCUT2D eigenvalue weighted by atomic mass is 16.4. The molecule has 3 rings (SSSR count). The van der Waals surface area contributed by atoms with Crippen LogP contribution in [-0.2, 0) is 9.59 Å². The first-order valence-corrected chi connectivity index (χ1v) is 7.93. The van der Waals surface area contributed by atoms with Crippen LogP contribution in [0.4, 0.5) is 0 Å². The van der Waals surface area contributed by atoms with E-state index in [0.29, 0.717) is 25.2 Å². The summed E-state index contributed by atoms with van der Waals surface area (Å²) in [5.74, 6) is -1.08. The second kappa shape index (κ2) is 6.77. The van der Waals surface area contributed by atoms with Crippen LogP contribution in [0.1, 0.15) is 25.8 Å². The van der Waals surface area contributed by atoms with Crippen molar-refractivity contribution in [3.63, 3.8) is 0 Å². The molecule has 8 heteroatoms. The Morgan fingerprint density at radius 2 is 2.04 bits per heavy atom. The summed E-state index contributed by atoms with van der Waals surface area (Å²) in [6.07, 6.45) is 1.29. The van der Waals surface area contributed by atoms with Crippen molar-refractivity contribution in [1.29, 1.82) is 0 Å². The Morgan fingerprint density at radius 3 is 2.75 bits per heavy atom. The maximum Gasteiger partial charge on any atom is 0.308 e. The fourth-order valence-electron chi connectivity index (χ4n) is 2.83. The predicted octanol–water partition coefficient (Wildman–Crippen LogP) is 1.22. The third kappa shape index (κ3) is 3.27. The van der Waals surface area contributed by atoms with E-state index in [0.717, 1.165) is 5.56 Å². The van der Waals surface area contributed by atoms with Gasteiger partial charge < -0.3 is 10.0 Å². The summed E-state index contributed by atoms with van der Waals surface area (Å²) in [4.78, 5) is 26.6. The number of carbonyl (C=O) groups excluding carboxylic acids is 1. The zero-order valence-corrected chi connectivity index (χ0v) is 13.4. The number of amides is 1. The van der Waals surface area contributed by atoms with Crippen molar-refractivity contribution >= 4 is 11.9 Å². The quantitative estimate of drug-likeness (QED) is 0.905. The number of aromatic nitrogens is 4. The number of likely N-dealkylation sites (tertiary alicyclic amines) is 1. The molecule has 0 saturated carbocycles. The van der Waals surface area contributed by atoms with Gasteiger partial charge in [0.25, 0.3) is 0 Å². The van der Waals surface area contributed by atoms with Crippen LogP contribution in [0, 0.1) is 5.92 Å². The smallest absolute Gasteiger partial charge is 0.308 e. The van der Waals surface area contributed by atoms with Crippen molar-refractivity contribution in [1.82, 2.24) is 25.1 Å². The Labute approximate surface area is 139 Å². The highest BCUT2D eigenvalue weighted by Crippen LogP contribution is 2.20. The summed E-state index contributed by atoms with van der Waals surface area (Å²) in [7, 11) is 0. The molecule has 8 nitrogen and oxygen atoms in total. The molecule has 0 spiro atoms.